The van der Waals surface area contributed by atoms with Crippen molar-refractivity contribution in [1.82, 2.24) is 15.5 Å². The van der Waals surface area contributed by atoms with Gasteiger partial charge in [0.15, 0.2) is 0 Å². The molecule has 1 aromatic carbocycles. The SMILES string of the molecule is CCNC(=O)NC(=O)C(C)N(C)Cc1ccccc1CN. The number of benzene rings is 1. The van der Waals surface area contributed by atoms with Crippen LogP contribution in [0.2, 0.25) is 0 Å². The first kappa shape index (κ1) is 17.1. The zero-order chi connectivity index (χ0) is 15.8. The summed E-state index contributed by atoms with van der Waals surface area (Å²) < 4.78 is 0. The molecule has 0 heterocycles. The molecule has 0 aliphatic rings. The maximum absolute atomic E-state index is 12.0. The van der Waals surface area contributed by atoms with Gasteiger partial charge in [0.1, 0.15) is 0 Å². The van der Waals surface area contributed by atoms with Crippen molar-refractivity contribution in [3.05, 3.63) is 35.4 Å². The molecule has 6 heteroatoms. The van der Waals surface area contributed by atoms with Crippen LogP contribution in [0.25, 0.3) is 0 Å². The molecule has 1 aromatic rings. The van der Waals surface area contributed by atoms with Crippen LogP contribution < -0.4 is 16.4 Å². The zero-order valence-corrected chi connectivity index (χ0v) is 12.8. The monoisotopic (exact) mass is 292 g/mol. The minimum Gasteiger partial charge on any atom is -0.338 e. The van der Waals surface area contributed by atoms with Gasteiger partial charge in [0, 0.05) is 19.6 Å². The molecule has 0 saturated carbocycles. The van der Waals surface area contributed by atoms with E-state index in [2.05, 4.69) is 10.6 Å². The number of amides is 3. The highest BCUT2D eigenvalue weighted by Gasteiger charge is 2.20. The molecule has 3 amide bonds. The molecule has 0 radical (unpaired) electrons. The van der Waals surface area contributed by atoms with E-state index < -0.39 is 12.1 Å². The molecule has 0 fully saturated rings. The third kappa shape index (κ3) is 5.17. The van der Waals surface area contributed by atoms with E-state index in [0.29, 0.717) is 19.6 Å². The predicted molar refractivity (Wildman–Crippen MR) is 82.5 cm³/mol. The summed E-state index contributed by atoms with van der Waals surface area (Å²) in [6.07, 6.45) is 0. The molecule has 116 valence electrons. The highest BCUT2D eigenvalue weighted by atomic mass is 16.2. The topological polar surface area (TPSA) is 87.5 Å². The number of carbonyl (C=O) groups is 2. The average molecular weight is 292 g/mol. The van der Waals surface area contributed by atoms with E-state index in [0.717, 1.165) is 11.1 Å². The third-order valence-electron chi connectivity index (χ3n) is 3.37. The van der Waals surface area contributed by atoms with Crippen molar-refractivity contribution in [3.63, 3.8) is 0 Å². The van der Waals surface area contributed by atoms with Crippen molar-refractivity contribution in [2.45, 2.75) is 33.0 Å². The molecule has 21 heavy (non-hydrogen) atoms. The van der Waals surface area contributed by atoms with Crippen molar-refractivity contribution >= 4 is 11.9 Å². The number of urea groups is 1. The lowest BCUT2D eigenvalue weighted by atomic mass is 10.1. The highest BCUT2D eigenvalue weighted by Crippen LogP contribution is 2.12. The van der Waals surface area contributed by atoms with Crippen molar-refractivity contribution < 1.29 is 9.59 Å². The van der Waals surface area contributed by atoms with E-state index in [1.165, 1.54) is 0 Å². The highest BCUT2D eigenvalue weighted by molar-refractivity contribution is 5.96. The largest absolute Gasteiger partial charge is 0.338 e. The standard InChI is InChI=1S/C15H24N4O2/c1-4-17-15(21)18-14(20)11(2)19(3)10-13-8-6-5-7-12(13)9-16/h5-8,11H,4,9-10,16H2,1-3H3,(H2,17,18,20,21). The quantitative estimate of drug-likeness (QED) is 0.724. The summed E-state index contributed by atoms with van der Waals surface area (Å²) in [4.78, 5) is 25.2. The molecule has 1 atom stereocenters. The van der Waals surface area contributed by atoms with Crippen LogP contribution in [0.5, 0.6) is 0 Å². The Kier molecular flexibility index (Phi) is 6.84. The first-order chi connectivity index (χ1) is 9.99. The second-order valence-electron chi connectivity index (χ2n) is 4.91. The molecule has 0 bridgehead atoms. The first-order valence-corrected chi connectivity index (χ1v) is 7.05. The number of nitrogens with zero attached hydrogens (tertiary/aromatic N) is 1. The molecular weight excluding hydrogens is 268 g/mol. The van der Waals surface area contributed by atoms with Gasteiger partial charge >= 0.3 is 6.03 Å². The number of nitrogens with two attached hydrogens (primary N) is 1. The summed E-state index contributed by atoms with van der Waals surface area (Å²) in [7, 11) is 1.84. The van der Waals surface area contributed by atoms with E-state index in [1.54, 1.807) is 13.8 Å². The second-order valence-corrected chi connectivity index (χ2v) is 4.91. The van der Waals surface area contributed by atoms with Gasteiger partial charge in [-0.15, -0.1) is 0 Å². The Bertz CT molecular complexity index is 490. The molecule has 1 rings (SSSR count). The number of rotatable bonds is 6. The summed E-state index contributed by atoms with van der Waals surface area (Å²) in [5.74, 6) is -0.325. The summed E-state index contributed by atoms with van der Waals surface area (Å²) >= 11 is 0. The van der Waals surface area contributed by atoms with E-state index in [-0.39, 0.29) is 5.91 Å². The molecule has 1 unspecified atom stereocenters. The van der Waals surface area contributed by atoms with E-state index in [1.807, 2.05) is 36.2 Å². The first-order valence-electron chi connectivity index (χ1n) is 7.05. The van der Waals surface area contributed by atoms with Crippen LogP contribution in [0.4, 0.5) is 4.79 Å². The van der Waals surface area contributed by atoms with E-state index >= 15 is 0 Å². The van der Waals surface area contributed by atoms with Gasteiger partial charge in [0.2, 0.25) is 5.91 Å². The molecule has 0 aliphatic heterocycles. The van der Waals surface area contributed by atoms with Crippen molar-refractivity contribution in [2.24, 2.45) is 5.73 Å². The van der Waals surface area contributed by atoms with E-state index in [9.17, 15) is 9.59 Å². The minimum atomic E-state index is -0.467. The fraction of sp³-hybridized carbons (Fsp3) is 0.467. The Hall–Kier alpha value is -1.92. The van der Waals surface area contributed by atoms with Gasteiger partial charge in [-0.25, -0.2) is 4.79 Å². The van der Waals surface area contributed by atoms with Crippen LogP contribution >= 0.6 is 0 Å². The Morgan fingerprint density at radius 2 is 1.90 bits per heavy atom. The molecule has 0 saturated heterocycles. The fourth-order valence-electron chi connectivity index (χ4n) is 1.94. The van der Waals surface area contributed by atoms with E-state index in [4.69, 9.17) is 5.73 Å². The van der Waals surface area contributed by atoms with Crippen molar-refractivity contribution in [1.29, 1.82) is 0 Å². The second kappa shape index (κ2) is 8.39. The van der Waals surface area contributed by atoms with Gasteiger partial charge in [-0.1, -0.05) is 24.3 Å². The summed E-state index contributed by atoms with van der Waals surface area (Å²) in [5.41, 5.74) is 7.85. The van der Waals surface area contributed by atoms with Crippen LogP contribution in [0.1, 0.15) is 25.0 Å². The van der Waals surface area contributed by atoms with Crippen molar-refractivity contribution in [2.75, 3.05) is 13.6 Å². The average Bonchev–Trinajstić information content (AvgIpc) is 2.47. The smallest absolute Gasteiger partial charge is 0.321 e. The Balaban J connectivity index is 2.63. The minimum absolute atomic E-state index is 0.325. The predicted octanol–water partition coefficient (Wildman–Crippen LogP) is 0.811. The number of carbonyl (C=O) groups excluding carboxylic acids is 2. The summed E-state index contributed by atoms with van der Waals surface area (Å²) in [5, 5.41) is 4.85. The van der Waals surface area contributed by atoms with Crippen LogP contribution in [-0.2, 0) is 17.9 Å². The molecular formula is C15H24N4O2. The van der Waals surface area contributed by atoms with Gasteiger partial charge in [0.25, 0.3) is 0 Å². The van der Waals surface area contributed by atoms with Crippen LogP contribution in [0.15, 0.2) is 24.3 Å². The normalized spacial score (nSPS) is 12.0. The van der Waals surface area contributed by atoms with Gasteiger partial charge in [-0.2, -0.15) is 0 Å². The van der Waals surface area contributed by atoms with Gasteiger partial charge in [-0.05, 0) is 32.0 Å². The van der Waals surface area contributed by atoms with Crippen LogP contribution in [0, 0.1) is 0 Å². The lowest BCUT2D eigenvalue weighted by Crippen LogP contribution is -2.48. The molecule has 0 spiro atoms. The van der Waals surface area contributed by atoms with Gasteiger partial charge < -0.3 is 11.1 Å². The molecule has 6 nitrogen and oxygen atoms in total. The summed E-state index contributed by atoms with van der Waals surface area (Å²) in [6.45, 7) is 5.09. The molecule has 0 aliphatic carbocycles. The number of hydrogen-bond donors (Lipinski definition) is 3. The maximum atomic E-state index is 12.0. The fourth-order valence-corrected chi connectivity index (χ4v) is 1.94. The number of likely N-dealkylation sites (N-methyl/N-ethyl adjacent to an activating group) is 1. The van der Waals surface area contributed by atoms with Gasteiger partial charge in [0.05, 0.1) is 6.04 Å². The molecule has 0 aromatic heterocycles. The van der Waals surface area contributed by atoms with Crippen LogP contribution in [-0.4, -0.2) is 36.5 Å². The number of imide groups is 1. The Morgan fingerprint density at radius 3 is 2.48 bits per heavy atom. The Labute approximate surface area is 125 Å². The van der Waals surface area contributed by atoms with Gasteiger partial charge in [-0.3, -0.25) is 15.0 Å². The summed E-state index contributed by atoms with van der Waals surface area (Å²) in [6, 6.07) is 6.97. The van der Waals surface area contributed by atoms with Crippen LogP contribution in [0.3, 0.4) is 0 Å². The molecule has 4 N–H and O–H groups in total. The third-order valence-corrected chi connectivity index (χ3v) is 3.37. The maximum Gasteiger partial charge on any atom is 0.321 e. The number of hydrogen-bond acceptors (Lipinski definition) is 4. The van der Waals surface area contributed by atoms with Crippen molar-refractivity contribution in [3.8, 4) is 0 Å². The lowest BCUT2D eigenvalue weighted by Gasteiger charge is -2.24. The Morgan fingerprint density at radius 1 is 1.29 bits per heavy atom. The zero-order valence-electron chi connectivity index (χ0n) is 12.8. The number of nitrogens with one attached hydrogen (secondary N) is 2. The lowest BCUT2D eigenvalue weighted by molar-refractivity contribution is -0.124.